The molecule has 0 aromatic carbocycles. The lowest BCUT2D eigenvalue weighted by molar-refractivity contribution is -0.0343. The second kappa shape index (κ2) is 6.27. The van der Waals surface area contributed by atoms with E-state index in [1.54, 1.807) is 6.26 Å². The molecule has 21 heavy (non-hydrogen) atoms. The van der Waals surface area contributed by atoms with Gasteiger partial charge in [0.15, 0.2) is 0 Å². The smallest absolute Gasteiger partial charge is 0.314 e. The van der Waals surface area contributed by atoms with Crippen LogP contribution in [0.25, 0.3) is 0 Å². The van der Waals surface area contributed by atoms with E-state index in [0.717, 1.165) is 30.2 Å². The van der Waals surface area contributed by atoms with Crippen LogP contribution in [0.1, 0.15) is 39.0 Å². The number of rotatable bonds is 5. The molecule has 5 heteroatoms. The fourth-order valence-electron chi connectivity index (χ4n) is 5.00. The zero-order valence-corrected chi connectivity index (χ0v) is 14.0. The second-order valence-electron chi connectivity index (χ2n) is 7.49. The quantitative estimate of drug-likeness (QED) is 0.817. The predicted octanol–water partition coefficient (Wildman–Crippen LogP) is 2.12. The highest BCUT2D eigenvalue weighted by atomic mass is 32.2. The number of amides is 2. The first-order chi connectivity index (χ1) is 10.0. The van der Waals surface area contributed by atoms with E-state index in [-0.39, 0.29) is 11.3 Å². The first-order valence-electron chi connectivity index (χ1n) is 8.36. The van der Waals surface area contributed by atoms with Gasteiger partial charge in [0.1, 0.15) is 0 Å². The van der Waals surface area contributed by atoms with Crippen LogP contribution in [0.3, 0.4) is 0 Å². The summed E-state index contributed by atoms with van der Waals surface area (Å²) in [5.74, 6) is 4.37. The molecular formula is C16H28N2O2S. The molecule has 4 aliphatic rings. The highest BCUT2D eigenvalue weighted by molar-refractivity contribution is 7.84. The number of urea groups is 1. The third-order valence-corrected chi connectivity index (χ3v) is 7.34. The molecular weight excluding hydrogens is 284 g/mol. The molecule has 4 rings (SSSR count). The largest absolute Gasteiger partial charge is 0.338 e. The van der Waals surface area contributed by atoms with Crippen LogP contribution in [0, 0.1) is 29.6 Å². The zero-order chi connectivity index (χ0) is 15.0. The van der Waals surface area contributed by atoms with Crippen LogP contribution in [-0.4, -0.2) is 34.8 Å². The van der Waals surface area contributed by atoms with Crippen molar-refractivity contribution in [2.75, 3.05) is 19.3 Å². The van der Waals surface area contributed by atoms with Crippen LogP contribution >= 0.6 is 0 Å². The Bertz CT molecular complexity index is 399. The van der Waals surface area contributed by atoms with Crippen molar-refractivity contribution >= 4 is 16.8 Å². The summed E-state index contributed by atoms with van der Waals surface area (Å²) in [6, 6.07) is -0.0962. The van der Waals surface area contributed by atoms with Crippen molar-refractivity contribution in [3.63, 3.8) is 0 Å². The third kappa shape index (κ3) is 3.43. The molecule has 4 fully saturated rings. The van der Waals surface area contributed by atoms with Gasteiger partial charge in [-0.05, 0) is 68.6 Å². The monoisotopic (exact) mass is 312 g/mol. The van der Waals surface area contributed by atoms with E-state index in [2.05, 4.69) is 10.6 Å². The zero-order valence-electron chi connectivity index (χ0n) is 13.1. The van der Waals surface area contributed by atoms with Gasteiger partial charge in [0, 0.05) is 35.4 Å². The van der Waals surface area contributed by atoms with Crippen molar-refractivity contribution in [2.45, 2.75) is 44.3 Å². The highest BCUT2D eigenvalue weighted by Crippen LogP contribution is 2.56. The van der Waals surface area contributed by atoms with Crippen LogP contribution in [0.15, 0.2) is 0 Å². The van der Waals surface area contributed by atoms with Gasteiger partial charge < -0.3 is 10.6 Å². The maximum atomic E-state index is 11.9. The molecule has 0 radical (unpaired) electrons. The van der Waals surface area contributed by atoms with Crippen molar-refractivity contribution in [3.05, 3.63) is 0 Å². The Morgan fingerprint density at radius 2 is 1.67 bits per heavy atom. The Balaban J connectivity index is 1.43. The lowest BCUT2D eigenvalue weighted by atomic mass is 9.52. The summed E-state index contributed by atoms with van der Waals surface area (Å²) in [6.07, 6.45) is 8.73. The van der Waals surface area contributed by atoms with Gasteiger partial charge in [0.2, 0.25) is 0 Å². The first kappa shape index (κ1) is 15.3. The number of hydrogen-bond donors (Lipinski definition) is 2. The van der Waals surface area contributed by atoms with Gasteiger partial charge in [-0.3, -0.25) is 4.21 Å². The molecule has 2 amide bonds. The number of carbonyl (C=O) groups excluding carboxylic acids is 1. The first-order valence-corrected chi connectivity index (χ1v) is 9.99. The van der Waals surface area contributed by atoms with Gasteiger partial charge in [0.05, 0.1) is 0 Å². The van der Waals surface area contributed by atoms with Gasteiger partial charge >= 0.3 is 6.03 Å². The number of nitrogens with one attached hydrogen (secondary N) is 2. The number of carbonyl (C=O) groups is 1. The maximum Gasteiger partial charge on any atom is 0.314 e. The van der Waals surface area contributed by atoms with E-state index in [9.17, 15) is 9.00 Å². The molecule has 2 atom stereocenters. The summed E-state index contributed by atoms with van der Waals surface area (Å²) in [5, 5.41) is 5.91. The van der Waals surface area contributed by atoms with E-state index in [4.69, 9.17) is 0 Å². The van der Waals surface area contributed by atoms with Crippen molar-refractivity contribution in [3.8, 4) is 0 Å². The van der Waals surface area contributed by atoms with Crippen LogP contribution in [0.5, 0.6) is 0 Å². The maximum absolute atomic E-state index is 11.9. The molecule has 4 nitrogen and oxygen atoms in total. The molecule has 4 bridgehead atoms. The summed E-state index contributed by atoms with van der Waals surface area (Å²) in [6.45, 7) is 3.20. The van der Waals surface area contributed by atoms with Gasteiger partial charge in [-0.2, -0.15) is 0 Å². The Kier molecular flexibility index (Phi) is 4.57. The molecule has 120 valence electrons. The molecule has 0 spiro atoms. The van der Waals surface area contributed by atoms with E-state index in [0.29, 0.717) is 12.5 Å². The summed E-state index contributed by atoms with van der Waals surface area (Å²) in [5.41, 5.74) is 0. The van der Waals surface area contributed by atoms with Crippen LogP contribution in [-0.2, 0) is 10.8 Å². The van der Waals surface area contributed by atoms with Crippen molar-refractivity contribution in [1.29, 1.82) is 0 Å². The summed E-state index contributed by atoms with van der Waals surface area (Å²) in [4.78, 5) is 11.9. The summed E-state index contributed by atoms with van der Waals surface area (Å²) >= 11 is 0. The lowest BCUT2D eigenvalue weighted by Gasteiger charge is -2.54. The third-order valence-electron chi connectivity index (χ3n) is 6.04. The summed E-state index contributed by atoms with van der Waals surface area (Å²) in [7, 11) is -0.880. The lowest BCUT2D eigenvalue weighted by Crippen LogP contribution is -2.50. The SMILES string of the molecule is C[C@@H](CNC(=O)NCC1C2CC3CC(C2)CC1C3)[S@@](C)=O. The van der Waals surface area contributed by atoms with E-state index < -0.39 is 10.8 Å². The molecule has 4 aliphatic carbocycles. The van der Waals surface area contributed by atoms with Gasteiger partial charge in [0.25, 0.3) is 0 Å². The normalized spacial score (nSPS) is 39.8. The number of hydrogen-bond acceptors (Lipinski definition) is 2. The Labute approximate surface area is 130 Å². The fourth-order valence-corrected chi connectivity index (χ4v) is 5.32. The van der Waals surface area contributed by atoms with Crippen molar-refractivity contribution in [2.24, 2.45) is 29.6 Å². The fraction of sp³-hybridized carbons (Fsp3) is 0.938. The Morgan fingerprint density at radius 1 is 1.10 bits per heavy atom. The summed E-state index contributed by atoms with van der Waals surface area (Å²) < 4.78 is 11.3. The Hall–Kier alpha value is -0.580. The van der Waals surface area contributed by atoms with Gasteiger partial charge in [-0.25, -0.2) is 4.79 Å². The van der Waals surface area contributed by atoms with E-state index >= 15 is 0 Å². The molecule has 0 heterocycles. The van der Waals surface area contributed by atoms with E-state index in [1.807, 2.05) is 6.92 Å². The molecule has 0 aromatic rings. The Morgan fingerprint density at radius 3 is 2.19 bits per heavy atom. The van der Waals surface area contributed by atoms with Crippen LogP contribution in [0.4, 0.5) is 4.79 Å². The van der Waals surface area contributed by atoms with Crippen molar-refractivity contribution < 1.29 is 9.00 Å². The van der Waals surface area contributed by atoms with Gasteiger partial charge in [-0.1, -0.05) is 0 Å². The van der Waals surface area contributed by atoms with E-state index in [1.165, 1.54) is 32.1 Å². The minimum atomic E-state index is -0.880. The average Bonchev–Trinajstić information content (AvgIpc) is 2.43. The standard InChI is InChI=1S/C16H28N2O2S/c1-10(21(2)20)8-17-16(19)18-9-15-13-4-11-3-12(6-13)7-14(15)5-11/h10-15H,3-9H2,1-2H3,(H2,17,18,19)/t10-,11?,12?,13?,14?,15?,21+/m0/s1. The molecule has 0 saturated heterocycles. The average molecular weight is 312 g/mol. The van der Waals surface area contributed by atoms with Crippen molar-refractivity contribution in [1.82, 2.24) is 10.6 Å². The highest BCUT2D eigenvalue weighted by Gasteiger charge is 2.47. The molecule has 0 aromatic heterocycles. The minimum absolute atomic E-state index is 0.0110. The predicted molar refractivity (Wildman–Crippen MR) is 85.5 cm³/mol. The molecule has 2 N–H and O–H groups in total. The molecule has 0 unspecified atom stereocenters. The van der Waals surface area contributed by atoms with Crippen LogP contribution in [0.2, 0.25) is 0 Å². The molecule has 0 aliphatic heterocycles. The topological polar surface area (TPSA) is 58.2 Å². The minimum Gasteiger partial charge on any atom is -0.338 e. The van der Waals surface area contributed by atoms with Gasteiger partial charge in [-0.15, -0.1) is 0 Å². The van der Waals surface area contributed by atoms with Crippen LogP contribution < -0.4 is 10.6 Å². The molecule has 4 saturated carbocycles. The second-order valence-corrected chi connectivity index (χ2v) is 9.30.